The molecule has 6 rings (SSSR count). The fraction of sp³-hybridized carbons (Fsp3) is 0.379. The second-order valence-electron chi connectivity index (χ2n) is 10.8. The van der Waals surface area contributed by atoms with E-state index in [9.17, 15) is 23.1 Å². The number of pyridine rings is 1. The quantitative estimate of drug-likeness (QED) is 0.464. The minimum Gasteiger partial charge on any atom is -0.481 e. The number of rotatable bonds is 5. The number of aliphatic carboxylic acids is 1. The zero-order valence-corrected chi connectivity index (χ0v) is 20.7. The van der Waals surface area contributed by atoms with Crippen molar-refractivity contribution in [3.8, 4) is 5.88 Å². The molecule has 3 aliphatic rings. The van der Waals surface area contributed by atoms with E-state index in [1.165, 1.54) is 6.07 Å². The normalized spacial score (nSPS) is 25.4. The number of alkyl halides is 3. The molecule has 1 N–H and O–H groups in total. The fourth-order valence-corrected chi connectivity index (χ4v) is 6.48. The van der Waals surface area contributed by atoms with Gasteiger partial charge >= 0.3 is 12.1 Å². The summed E-state index contributed by atoms with van der Waals surface area (Å²) < 4.78 is 47.9. The largest absolute Gasteiger partial charge is 0.481 e. The fourth-order valence-electron chi connectivity index (χ4n) is 6.48. The van der Waals surface area contributed by atoms with Crippen molar-refractivity contribution in [1.82, 2.24) is 9.88 Å². The molecule has 2 aromatic carbocycles. The molecule has 192 valence electrons. The Kier molecular flexibility index (Phi) is 5.22. The van der Waals surface area contributed by atoms with Crippen molar-refractivity contribution >= 4 is 5.97 Å². The van der Waals surface area contributed by atoms with Crippen LogP contribution in [-0.4, -0.2) is 28.0 Å². The molecule has 37 heavy (non-hydrogen) atoms. The summed E-state index contributed by atoms with van der Waals surface area (Å²) >= 11 is 0. The summed E-state index contributed by atoms with van der Waals surface area (Å²) in [5.74, 6) is -0.678. The van der Waals surface area contributed by atoms with Crippen LogP contribution in [0.15, 0.2) is 54.7 Å². The molecule has 2 aliphatic carbocycles. The van der Waals surface area contributed by atoms with Crippen LogP contribution in [-0.2, 0) is 29.5 Å². The van der Waals surface area contributed by atoms with Gasteiger partial charge in [-0.2, -0.15) is 13.2 Å². The van der Waals surface area contributed by atoms with Crippen molar-refractivity contribution in [2.45, 2.75) is 50.6 Å². The molecule has 1 aliphatic heterocycles. The van der Waals surface area contributed by atoms with Gasteiger partial charge in [0, 0.05) is 23.2 Å². The van der Waals surface area contributed by atoms with Gasteiger partial charge in [0.15, 0.2) is 0 Å². The van der Waals surface area contributed by atoms with Crippen LogP contribution in [0.5, 0.6) is 5.88 Å². The minimum atomic E-state index is -4.46. The van der Waals surface area contributed by atoms with Crippen LogP contribution in [0.4, 0.5) is 13.2 Å². The zero-order valence-electron chi connectivity index (χ0n) is 20.7. The monoisotopic (exact) mass is 508 g/mol. The predicted molar refractivity (Wildman–Crippen MR) is 130 cm³/mol. The molecule has 0 spiro atoms. The van der Waals surface area contributed by atoms with Gasteiger partial charge in [-0.25, -0.2) is 4.98 Å². The van der Waals surface area contributed by atoms with Crippen molar-refractivity contribution in [3.05, 3.63) is 93.7 Å². The molecule has 3 aromatic rings. The Morgan fingerprint density at radius 1 is 1.16 bits per heavy atom. The molecule has 2 heterocycles. The maximum Gasteiger partial charge on any atom is 0.416 e. The van der Waals surface area contributed by atoms with Gasteiger partial charge in [0.2, 0.25) is 5.88 Å². The molecule has 8 heteroatoms. The highest BCUT2D eigenvalue weighted by Gasteiger charge is 2.61. The number of benzene rings is 2. The summed E-state index contributed by atoms with van der Waals surface area (Å²) in [4.78, 5) is 17.9. The molecular formula is C29H27F3N2O3. The van der Waals surface area contributed by atoms with Gasteiger partial charge in [0.1, 0.15) is 6.61 Å². The van der Waals surface area contributed by atoms with E-state index < -0.39 is 29.3 Å². The van der Waals surface area contributed by atoms with E-state index >= 15 is 0 Å². The van der Waals surface area contributed by atoms with Gasteiger partial charge in [0.05, 0.1) is 17.5 Å². The highest BCUT2D eigenvalue weighted by molar-refractivity contribution is 5.78. The van der Waals surface area contributed by atoms with Crippen molar-refractivity contribution in [1.29, 1.82) is 0 Å². The van der Waals surface area contributed by atoms with E-state index in [-0.39, 0.29) is 29.9 Å². The van der Waals surface area contributed by atoms with Crippen LogP contribution in [0.3, 0.4) is 0 Å². The molecule has 1 fully saturated rings. The lowest BCUT2D eigenvalue weighted by atomic mass is 9.90. The molecule has 0 radical (unpaired) electrons. The topological polar surface area (TPSA) is 62.7 Å². The summed E-state index contributed by atoms with van der Waals surface area (Å²) in [5.41, 5.74) is 3.72. The predicted octanol–water partition coefficient (Wildman–Crippen LogP) is 5.92. The van der Waals surface area contributed by atoms with Crippen LogP contribution >= 0.6 is 0 Å². The average molecular weight is 509 g/mol. The Bertz CT molecular complexity index is 1420. The Morgan fingerprint density at radius 3 is 2.65 bits per heavy atom. The summed E-state index contributed by atoms with van der Waals surface area (Å²) in [6.07, 6.45) is -2.06. The molecule has 1 aromatic heterocycles. The van der Waals surface area contributed by atoms with Crippen LogP contribution in [0.25, 0.3) is 0 Å². The third kappa shape index (κ3) is 3.64. The third-order valence-corrected chi connectivity index (χ3v) is 8.56. The first kappa shape index (κ1) is 24.0. The Hall–Kier alpha value is -3.39. The Morgan fingerprint density at radius 2 is 1.92 bits per heavy atom. The maximum absolute atomic E-state index is 13.9. The first-order valence-electron chi connectivity index (χ1n) is 12.4. The lowest BCUT2D eigenvalue weighted by Crippen LogP contribution is -2.35. The molecule has 4 atom stereocenters. The highest BCUT2D eigenvalue weighted by atomic mass is 19.4. The number of hydrogen-bond acceptors (Lipinski definition) is 4. The van der Waals surface area contributed by atoms with E-state index in [0.29, 0.717) is 5.88 Å². The second kappa shape index (κ2) is 8.05. The lowest BCUT2D eigenvalue weighted by molar-refractivity contribution is -0.139. The van der Waals surface area contributed by atoms with E-state index in [4.69, 9.17) is 4.74 Å². The summed E-state index contributed by atoms with van der Waals surface area (Å²) in [5, 5.41) is 9.49. The van der Waals surface area contributed by atoms with E-state index in [2.05, 4.69) is 4.98 Å². The SMILES string of the molecule is CN1C(c2ccccc2C(F)(F)F)c2cc(COc3nccc4c3C3C(C4)C3C(=O)O)ccc2C1(C)C. The number of ether oxygens (including phenoxy) is 1. The molecule has 1 saturated carbocycles. The molecule has 5 nitrogen and oxygen atoms in total. The summed E-state index contributed by atoms with van der Waals surface area (Å²) in [7, 11) is 1.86. The number of carbonyl (C=O) groups is 1. The molecule has 0 bridgehead atoms. The van der Waals surface area contributed by atoms with Gasteiger partial charge in [0.25, 0.3) is 0 Å². The number of fused-ring (bicyclic) bond motifs is 4. The number of hydrogen-bond donors (Lipinski definition) is 1. The van der Waals surface area contributed by atoms with Gasteiger partial charge in [-0.3, -0.25) is 9.69 Å². The van der Waals surface area contributed by atoms with Crippen molar-refractivity contribution in [2.75, 3.05) is 7.05 Å². The minimum absolute atomic E-state index is 0.0612. The van der Waals surface area contributed by atoms with Crippen LogP contribution in [0, 0.1) is 11.8 Å². The average Bonchev–Trinajstić information content (AvgIpc) is 3.36. The summed E-state index contributed by atoms with van der Waals surface area (Å²) in [6, 6.07) is 13.0. The number of carboxylic acids is 1. The summed E-state index contributed by atoms with van der Waals surface area (Å²) in [6.45, 7) is 4.21. The van der Waals surface area contributed by atoms with Crippen molar-refractivity contribution < 1.29 is 27.8 Å². The maximum atomic E-state index is 13.9. The number of carboxylic acid groups (broad SMARTS) is 1. The van der Waals surface area contributed by atoms with Crippen LogP contribution < -0.4 is 4.74 Å². The van der Waals surface area contributed by atoms with Crippen LogP contribution in [0.2, 0.25) is 0 Å². The lowest BCUT2D eigenvalue weighted by Gasteiger charge is -2.33. The van der Waals surface area contributed by atoms with E-state index in [0.717, 1.165) is 40.3 Å². The van der Waals surface area contributed by atoms with Crippen molar-refractivity contribution in [3.63, 3.8) is 0 Å². The van der Waals surface area contributed by atoms with Crippen LogP contribution in [0.1, 0.15) is 64.8 Å². The number of nitrogens with zero attached hydrogens (tertiary/aromatic N) is 2. The van der Waals surface area contributed by atoms with Crippen molar-refractivity contribution in [2.24, 2.45) is 11.8 Å². The van der Waals surface area contributed by atoms with E-state index in [1.54, 1.807) is 18.3 Å². The Labute approximate surface area is 212 Å². The molecule has 4 unspecified atom stereocenters. The molecule has 0 saturated heterocycles. The van der Waals surface area contributed by atoms with E-state index in [1.807, 2.05) is 50.1 Å². The number of aromatic nitrogens is 1. The first-order chi connectivity index (χ1) is 17.5. The highest BCUT2D eigenvalue weighted by Crippen LogP contribution is 2.63. The number of halogens is 3. The smallest absolute Gasteiger partial charge is 0.416 e. The zero-order chi connectivity index (χ0) is 26.3. The molecule has 0 amide bonds. The van der Waals surface area contributed by atoms with Gasteiger partial charge in [-0.05, 0) is 73.2 Å². The van der Waals surface area contributed by atoms with Gasteiger partial charge < -0.3 is 9.84 Å². The standard InChI is InChI=1S/C29H27F3N2O3/c1-28(2)20-9-8-15(12-18(20)25(34(28)3)17-6-4-5-7-21(17)29(30,31)32)14-37-26-22-16(10-11-33-26)13-19-23(22)24(19)27(35)36/h4-12,19,23-25H,13-14H2,1-3H3,(H,35,36). The second-order valence-corrected chi connectivity index (χ2v) is 10.8. The molecular weight excluding hydrogens is 481 g/mol. The van der Waals surface area contributed by atoms with Gasteiger partial charge in [-0.15, -0.1) is 0 Å². The van der Waals surface area contributed by atoms with Gasteiger partial charge in [-0.1, -0.05) is 36.4 Å². The first-order valence-corrected chi connectivity index (χ1v) is 12.4. The third-order valence-electron chi connectivity index (χ3n) is 8.56. The Balaban J connectivity index is 1.33.